The minimum atomic E-state index is -0.537. The van der Waals surface area contributed by atoms with Crippen LogP contribution in [0.4, 0.5) is 0 Å². The van der Waals surface area contributed by atoms with Gasteiger partial charge in [0.1, 0.15) is 17.3 Å². The monoisotopic (exact) mass is 745 g/mol. The molecule has 276 valence electrons. The molecule has 1 aromatic heterocycles. The highest BCUT2D eigenvalue weighted by Gasteiger charge is 2.81. The zero-order chi connectivity index (χ0) is 37.8. The SMILES string of the molecule is c1ccc2c(c1)Oc1ccc(-c3ccccc3-c3nc(-c4cccc5ccccc45)nc(C45CC6C[C@@H]7C[C@@H](C4)CC675)n3)cc1C21c2ccccc2-c2ccccc21. The molecule has 0 saturated heterocycles. The van der Waals surface area contributed by atoms with Crippen LogP contribution in [0.5, 0.6) is 11.5 Å². The highest BCUT2D eigenvalue weighted by molar-refractivity contribution is 5.95. The smallest absolute Gasteiger partial charge is 0.164 e. The molecule has 2 bridgehead atoms. The van der Waals surface area contributed by atoms with Gasteiger partial charge < -0.3 is 4.74 Å². The first-order chi connectivity index (χ1) is 28.7. The van der Waals surface area contributed by atoms with E-state index in [0.717, 1.165) is 74.5 Å². The Hall–Kier alpha value is -6.39. The van der Waals surface area contributed by atoms with E-state index in [2.05, 4.69) is 158 Å². The average molecular weight is 746 g/mol. The number of para-hydroxylation sites is 1. The van der Waals surface area contributed by atoms with Gasteiger partial charge in [0.05, 0.1) is 5.41 Å². The maximum Gasteiger partial charge on any atom is 0.164 e. The second-order valence-electron chi connectivity index (χ2n) is 18.0. The minimum absolute atomic E-state index is 0.0572. The van der Waals surface area contributed by atoms with Crippen LogP contribution < -0.4 is 4.74 Å². The Labute approximate surface area is 337 Å². The van der Waals surface area contributed by atoms with Gasteiger partial charge in [0.25, 0.3) is 0 Å². The standard InChI is InChI=1S/C54H39N3O/c1-2-14-37-33(12-1)13-11-19-42(37)50-55-49(56-51(57-50)52-29-32-26-35-28-36(31-52)53(35,52)30-32)41-18-4-3-15-38(41)34-24-25-48-46(27-34)54(45-22-9-10-23-47(45)58-48)43-20-7-5-16-39(43)40-17-6-8-21-44(40)54/h1-25,27,32,35-36H,26,28-31H2/t32-,35-,36?,52?,53?/m0/s1. The van der Waals surface area contributed by atoms with Crippen LogP contribution in [0.2, 0.25) is 0 Å². The first kappa shape index (κ1) is 31.7. The predicted molar refractivity (Wildman–Crippen MR) is 229 cm³/mol. The molecule has 4 heteroatoms. The second kappa shape index (κ2) is 11.0. The van der Waals surface area contributed by atoms with Crippen molar-refractivity contribution in [3.05, 3.63) is 186 Å². The minimum Gasteiger partial charge on any atom is -0.457 e. The van der Waals surface area contributed by atoms with E-state index in [0.29, 0.717) is 5.41 Å². The first-order valence-electron chi connectivity index (χ1n) is 21.1. The Balaban J connectivity index is 0.994. The fourth-order valence-corrected chi connectivity index (χ4v) is 13.8. The Morgan fingerprint density at radius 2 is 1.10 bits per heavy atom. The molecular formula is C54H39N3O. The number of ether oxygens (including phenoxy) is 1. The van der Waals surface area contributed by atoms with Crippen molar-refractivity contribution in [2.45, 2.75) is 42.9 Å². The fraction of sp³-hybridized carbons (Fsp3) is 0.204. The molecule has 1 aliphatic heterocycles. The molecule has 14 rings (SSSR count). The summed E-state index contributed by atoms with van der Waals surface area (Å²) in [5.74, 6) is 6.84. The van der Waals surface area contributed by atoms with Crippen molar-refractivity contribution in [3.63, 3.8) is 0 Å². The van der Waals surface area contributed by atoms with Gasteiger partial charge in [-0.25, -0.2) is 15.0 Å². The Morgan fingerprint density at radius 1 is 0.466 bits per heavy atom. The molecule has 2 spiro atoms. The van der Waals surface area contributed by atoms with E-state index < -0.39 is 5.41 Å². The van der Waals surface area contributed by atoms with Gasteiger partial charge in [-0.1, -0.05) is 140 Å². The second-order valence-corrected chi connectivity index (χ2v) is 18.0. The number of hydrogen-bond donors (Lipinski definition) is 0. The molecule has 7 aromatic carbocycles. The van der Waals surface area contributed by atoms with E-state index in [1.807, 2.05) is 0 Å². The van der Waals surface area contributed by atoms with Crippen molar-refractivity contribution in [2.75, 3.05) is 0 Å². The quantitative estimate of drug-likeness (QED) is 0.180. The van der Waals surface area contributed by atoms with Crippen LogP contribution in [0, 0.1) is 23.2 Å². The van der Waals surface area contributed by atoms with Gasteiger partial charge in [0.2, 0.25) is 0 Å². The highest BCUT2D eigenvalue weighted by atomic mass is 16.5. The molecular weight excluding hydrogens is 707 g/mol. The summed E-state index contributed by atoms with van der Waals surface area (Å²) in [5, 5.41) is 2.38. The molecule has 58 heavy (non-hydrogen) atoms. The molecule has 5 aliphatic carbocycles. The van der Waals surface area contributed by atoms with Crippen LogP contribution in [-0.2, 0) is 10.8 Å². The number of benzene rings is 7. The van der Waals surface area contributed by atoms with Crippen molar-refractivity contribution in [2.24, 2.45) is 23.2 Å². The van der Waals surface area contributed by atoms with E-state index >= 15 is 0 Å². The van der Waals surface area contributed by atoms with Crippen LogP contribution in [0.25, 0.3) is 55.8 Å². The number of rotatable bonds is 4. The lowest BCUT2D eigenvalue weighted by Crippen LogP contribution is -2.69. The maximum atomic E-state index is 6.80. The Morgan fingerprint density at radius 3 is 1.90 bits per heavy atom. The number of nitrogens with zero attached hydrogens (tertiary/aromatic N) is 3. The first-order valence-corrected chi connectivity index (χ1v) is 21.1. The van der Waals surface area contributed by atoms with Gasteiger partial charge >= 0.3 is 0 Å². The van der Waals surface area contributed by atoms with Crippen LogP contribution in [0.15, 0.2) is 158 Å². The summed E-state index contributed by atoms with van der Waals surface area (Å²) in [5.41, 5.74) is 11.7. The zero-order valence-electron chi connectivity index (χ0n) is 32.0. The van der Waals surface area contributed by atoms with Crippen molar-refractivity contribution in [1.82, 2.24) is 15.0 Å². The molecule has 4 nitrogen and oxygen atoms in total. The molecule has 5 atom stereocenters. The van der Waals surface area contributed by atoms with Crippen LogP contribution in [-0.4, -0.2) is 15.0 Å². The number of hydrogen-bond acceptors (Lipinski definition) is 4. The third-order valence-corrected chi connectivity index (χ3v) is 15.8. The summed E-state index contributed by atoms with van der Waals surface area (Å²) in [7, 11) is 0. The van der Waals surface area contributed by atoms with Gasteiger partial charge in [-0.05, 0) is 118 Å². The molecule has 8 aromatic rings. The molecule has 2 heterocycles. The lowest BCUT2D eigenvalue weighted by Gasteiger charge is -2.72. The fourth-order valence-electron chi connectivity index (χ4n) is 13.8. The van der Waals surface area contributed by atoms with Crippen molar-refractivity contribution in [1.29, 1.82) is 0 Å². The largest absolute Gasteiger partial charge is 0.457 e. The van der Waals surface area contributed by atoms with Gasteiger partial charge in [0.15, 0.2) is 11.6 Å². The van der Waals surface area contributed by atoms with Crippen LogP contribution >= 0.6 is 0 Å². The Bertz CT molecular complexity index is 3040. The zero-order valence-corrected chi connectivity index (χ0v) is 32.0. The van der Waals surface area contributed by atoms with E-state index in [-0.39, 0.29) is 5.41 Å². The summed E-state index contributed by atoms with van der Waals surface area (Å²) < 4.78 is 6.80. The summed E-state index contributed by atoms with van der Waals surface area (Å²) in [4.78, 5) is 16.6. The van der Waals surface area contributed by atoms with E-state index in [1.165, 1.54) is 70.7 Å². The topological polar surface area (TPSA) is 47.9 Å². The predicted octanol–water partition coefficient (Wildman–Crippen LogP) is 12.6. The van der Waals surface area contributed by atoms with E-state index in [1.54, 1.807) is 0 Å². The molecule has 0 radical (unpaired) electrons. The summed E-state index contributed by atoms with van der Waals surface area (Å²) in [6.45, 7) is 0. The molecule has 0 N–H and O–H groups in total. The van der Waals surface area contributed by atoms with E-state index in [9.17, 15) is 0 Å². The van der Waals surface area contributed by atoms with Gasteiger partial charge in [-0.2, -0.15) is 0 Å². The number of aromatic nitrogens is 3. The summed E-state index contributed by atoms with van der Waals surface area (Å²) in [6, 6.07) is 57.2. The maximum absolute atomic E-state index is 6.80. The van der Waals surface area contributed by atoms with Gasteiger partial charge in [-0.3, -0.25) is 0 Å². The van der Waals surface area contributed by atoms with Crippen molar-refractivity contribution >= 4 is 10.8 Å². The third-order valence-electron chi connectivity index (χ3n) is 15.8. The molecule has 4 fully saturated rings. The van der Waals surface area contributed by atoms with Crippen molar-refractivity contribution < 1.29 is 4.74 Å². The average Bonchev–Trinajstić information content (AvgIpc) is 3.89. The summed E-state index contributed by atoms with van der Waals surface area (Å²) in [6.07, 6.45) is 6.60. The lowest BCUT2D eigenvalue weighted by molar-refractivity contribution is -0.202. The van der Waals surface area contributed by atoms with Crippen molar-refractivity contribution in [3.8, 4) is 56.5 Å². The van der Waals surface area contributed by atoms with Crippen LogP contribution in [0.1, 0.15) is 60.2 Å². The highest BCUT2D eigenvalue weighted by Crippen LogP contribution is 2.86. The molecule has 6 aliphatic rings. The molecule has 4 saturated carbocycles. The lowest BCUT2D eigenvalue weighted by atomic mass is 9.32. The van der Waals surface area contributed by atoms with Gasteiger partial charge in [0, 0.05) is 27.7 Å². The Kier molecular flexibility index (Phi) is 5.98. The normalized spacial score (nSPS) is 25.5. The molecule has 0 amide bonds. The summed E-state index contributed by atoms with van der Waals surface area (Å²) >= 11 is 0. The van der Waals surface area contributed by atoms with Gasteiger partial charge in [-0.15, -0.1) is 0 Å². The third kappa shape index (κ3) is 3.72. The van der Waals surface area contributed by atoms with Crippen LogP contribution in [0.3, 0.4) is 0 Å². The number of fused-ring (bicyclic) bond motifs is 11. The van der Waals surface area contributed by atoms with E-state index in [4.69, 9.17) is 19.7 Å². The molecule has 3 unspecified atom stereocenters.